The second-order valence-corrected chi connectivity index (χ2v) is 6.61. The predicted octanol–water partition coefficient (Wildman–Crippen LogP) is 3.30. The Labute approximate surface area is 93.4 Å². The van der Waals surface area contributed by atoms with Crippen molar-refractivity contribution in [3.63, 3.8) is 0 Å². The highest BCUT2D eigenvalue weighted by atomic mass is 32.2. The first kappa shape index (κ1) is 12.4. The van der Waals surface area contributed by atoms with Gasteiger partial charge in [-0.15, -0.1) is 0 Å². The van der Waals surface area contributed by atoms with Crippen LogP contribution in [0.15, 0.2) is 0 Å². The van der Waals surface area contributed by atoms with Gasteiger partial charge in [-0.1, -0.05) is 19.3 Å². The van der Waals surface area contributed by atoms with E-state index in [9.17, 15) is 0 Å². The van der Waals surface area contributed by atoms with Crippen molar-refractivity contribution in [2.45, 2.75) is 50.7 Å². The third-order valence-corrected chi connectivity index (χ3v) is 4.51. The van der Waals surface area contributed by atoms with Gasteiger partial charge in [0.25, 0.3) is 0 Å². The average molecular weight is 215 g/mol. The van der Waals surface area contributed by atoms with Gasteiger partial charge in [-0.25, -0.2) is 0 Å². The summed E-state index contributed by atoms with van der Waals surface area (Å²) in [5.74, 6) is 0.960. The monoisotopic (exact) mass is 215 g/mol. The van der Waals surface area contributed by atoms with Crippen molar-refractivity contribution in [1.82, 2.24) is 5.32 Å². The summed E-state index contributed by atoms with van der Waals surface area (Å²) in [6.07, 6.45) is 9.48. The molecule has 0 aliphatic heterocycles. The van der Waals surface area contributed by atoms with Gasteiger partial charge in [-0.2, -0.15) is 11.8 Å². The predicted molar refractivity (Wildman–Crippen MR) is 67.0 cm³/mol. The van der Waals surface area contributed by atoms with Crippen LogP contribution in [0.5, 0.6) is 0 Å². The molecule has 0 radical (unpaired) electrons. The molecule has 0 saturated heterocycles. The lowest BCUT2D eigenvalue weighted by molar-refractivity contribution is 0.339. The normalized spacial score (nSPS) is 19.9. The van der Waals surface area contributed by atoms with Crippen LogP contribution < -0.4 is 5.32 Å². The molecular formula is C12H25NS. The molecular weight excluding hydrogens is 190 g/mol. The van der Waals surface area contributed by atoms with Crippen LogP contribution in [0.4, 0.5) is 0 Å². The number of nitrogens with one attached hydrogen (secondary N) is 1. The molecule has 1 rings (SSSR count). The maximum Gasteiger partial charge on any atom is 0.0225 e. The fourth-order valence-corrected chi connectivity index (χ4v) is 2.29. The van der Waals surface area contributed by atoms with Gasteiger partial charge in [0.15, 0.2) is 0 Å². The highest BCUT2D eigenvalue weighted by molar-refractivity contribution is 7.99. The van der Waals surface area contributed by atoms with Crippen molar-refractivity contribution >= 4 is 11.8 Å². The van der Waals surface area contributed by atoms with Gasteiger partial charge in [0.05, 0.1) is 0 Å². The van der Waals surface area contributed by atoms with Gasteiger partial charge < -0.3 is 5.32 Å². The van der Waals surface area contributed by atoms with E-state index in [2.05, 4.69) is 25.4 Å². The Balaban J connectivity index is 2.08. The molecule has 1 nitrogen and oxygen atoms in total. The van der Waals surface area contributed by atoms with Crippen molar-refractivity contribution in [1.29, 1.82) is 0 Å². The minimum absolute atomic E-state index is 0.397. The fourth-order valence-electron chi connectivity index (χ4n) is 2.04. The van der Waals surface area contributed by atoms with Crippen LogP contribution in [0, 0.1) is 5.92 Å². The van der Waals surface area contributed by atoms with Gasteiger partial charge in [0.2, 0.25) is 0 Å². The molecule has 0 aromatic heterocycles. The van der Waals surface area contributed by atoms with Gasteiger partial charge in [-0.05, 0) is 45.4 Å². The van der Waals surface area contributed by atoms with E-state index in [1.54, 1.807) is 0 Å². The van der Waals surface area contributed by atoms with Crippen molar-refractivity contribution in [2.75, 3.05) is 19.3 Å². The van der Waals surface area contributed by atoms with Gasteiger partial charge in [-0.3, -0.25) is 0 Å². The minimum Gasteiger partial charge on any atom is -0.315 e. The Morgan fingerprint density at radius 3 is 2.43 bits per heavy atom. The van der Waals surface area contributed by atoms with Crippen LogP contribution in [-0.4, -0.2) is 24.1 Å². The molecule has 1 fully saturated rings. The van der Waals surface area contributed by atoms with Crippen LogP contribution in [0.1, 0.15) is 46.0 Å². The molecule has 0 aromatic carbocycles. The molecule has 1 aliphatic rings. The summed E-state index contributed by atoms with van der Waals surface area (Å²) < 4.78 is 0.397. The number of hydrogen-bond donors (Lipinski definition) is 1. The summed E-state index contributed by atoms with van der Waals surface area (Å²) in [6, 6.07) is 0. The number of thioether (sulfide) groups is 1. The van der Waals surface area contributed by atoms with Gasteiger partial charge in [0.1, 0.15) is 0 Å². The van der Waals surface area contributed by atoms with E-state index in [0.717, 1.165) is 12.5 Å². The molecule has 1 saturated carbocycles. The molecule has 2 heteroatoms. The molecule has 1 aliphatic carbocycles. The third kappa shape index (κ3) is 4.70. The Bertz CT molecular complexity index is 150. The molecule has 0 amide bonds. The molecule has 84 valence electrons. The van der Waals surface area contributed by atoms with Crippen molar-refractivity contribution in [3.05, 3.63) is 0 Å². The molecule has 0 unspecified atom stereocenters. The second-order valence-electron chi connectivity index (χ2n) is 5.10. The lowest BCUT2D eigenvalue weighted by Gasteiger charge is -2.26. The van der Waals surface area contributed by atoms with E-state index in [0.29, 0.717) is 4.75 Å². The zero-order chi connectivity index (χ0) is 10.4. The van der Waals surface area contributed by atoms with E-state index in [1.807, 2.05) is 11.8 Å². The van der Waals surface area contributed by atoms with Crippen molar-refractivity contribution in [3.8, 4) is 0 Å². The van der Waals surface area contributed by atoms with Crippen molar-refractivity contribution < 1.29 is 0 Å². The van der Waals surface area contributed by atoms with Gasteiger partial charge >= 0.3 is 0 Å². The highest BCUT2D eigenvalue weighted by Crippen LogP contribution is 2.24. The van der Waals surface area contributed by atoms with Crippen LogP contribution in [-0.2, 0) is 0 Å². The van der Waals surface area contributed by atoms with Crippen LogP contribution >= 0.6 is 11.8 Å². The lowest BCUT2D eigenvalue weighted by Crippen LogP contribution is -2.35. The summed E-state index contributed by atoms with van der Waals surface area (Å²) in [6.45, 7) is 7.01. The zero-order valence-corrected chi connectivity index (χ0v) is 10.8. The van der Waals surface area contributed by atoms with Gasteiger partial charge in [0, 0.05) is 11.3 Å². The molecule has 0 spiro atoms. The molecule has 0 aromatic rings. The third-order valence-electron chi connectivity index (χ3n) is 3.26. The Kier molecular flexibility index (Phi) is 5.32. The summed E-state index contributed by atoms with van der Waals surface area (Å²) in [4.78, 5) is 0. The van der Waals surface area contributed by atoms with Crippen molar-refractivity contribution in [2.24, 2.45) is 5.92 Å². The highest BCUT2D eigenvalue weighted by Gasteiger charge is 2.17. The zero-order valence-electron chi connectivity index (χ0n) is 9.94. The van der Waals surface area contributed by atoms with Crippen LogP contribution in [0.3, 0.4) is 0 Å². The average Bonchev–Trinajstić information content (AvgIpc) is 2.19. The number of hydrogen-bond acceptors (Lipinski definition) is 2. The molecule has 0 heterocycles. The smallest absolute Gasteiger partial charge is 0.0225 e. The first-order valence-corrected chi connectivity index (χ1v) is 7.12. The topological polar surface area (TPSA) is 12.0 Å². The Hall–Kier alpha value is 0.310. The number of rotatable bonds is 5. The molecule has 0 bridgehead atoms. The first-order valence-electron chi connectivity index (χ1n) is 5.90. The van der Waals surface area contributed by atoms with E-state index in [1.165, 1.54) is 38.6 Å². The summed E-state index contributed by atoms with van der Waals surface area (Å²) in [7, 11) is 0. The minimum atomic E-state index is 0.397. The SMILES string of the molecule is CSC(C)(C)CNCC1CCCCC1. The maximum absolute atomic E-state index is 3.63. The van der Waals surface area contributed by atoms with Crippen LogP contribution in [0.2, 0.25) is 0 Å². The lowest BCUT2D eigenvalue weighted by atomic mass is 9.89. The largest absolute Gasteiger partial charge is 0.315 e. The standard InChI is InChI=1S/C12H25NS/c1-12(2,14-3)10-13-9-11-7-5-4-6-8-11/h11,13H,4-10H2,1-3H3. The quantitative estimate of drug-likeness (QED) is 0.755. The first-order chi connectivity index (χ1) is 6.64. The van der Waals surface area contributed by atoms with E-state index in [4.69, 9.17) is 0 Å². The Morgan fingerprint density at radius 1 is 1.21 bits per heavy atom. The Morgan fingerprint density at radius 2 is 1.86 bits per heavy atom. The fraction of sp³-hybridized carbons (Fsp3) is 1.00. The summed E-state index contributed by atoms with van der Waals surface area (Å²) >= 11 is 1.95. The molecule has 14 heavy (non-hydrogen) atoms. The maximum atomic E-state index is 3.63. The second kappa shape index (κ2) is 6.02. The summed E-state index contributed by atoms with van der Waals surface area (Å²) in [5.41, 5.74) is 0. The van der Waals surface area contributed by atoms with E-state index < -0.39 is 0 Å². The van der Waals surface area contributed by atoms with E-state index >= 15 is 0 Å². The molecule has 1 N–H and O–H groups in total. The van der Waals surface area contributed by atoms with E-state index in [-0.39, 0.29) is 0 Å². The van der Waals surface area contributed by atoms with Crippen LogP contribution in [0.25, 0.3) is 0 Å². The molecule has 0 atom stereocenters. The summed E-state index contributed by atoms with van der Waals surface area (Å²) in [5, 5.41) is 3.63.